The maximum absolute atomic E-state index is 12.5. The largest absolute Gasteiger partial charge is 0.303 e. The van der Waals surface area contributed by atoms with Crippen LogP contribution < -0.4 is 0 Å². The van der Waals surface area contributed by atoms with E-state index in [0.717, 1.165) is 5.92 Å². The van der Waals surface area contributed by atoms with Crippen molar-refractivity contribution in [1.29, 1.82) is 0 Å². The molecular weight excluding hydrogens is 280 g/mol. The molecule has 1 atom stereocenters. The second kappa shape index (κ2) is 9.84. The number of carbonyl (C=O) groups is 1. The summed E-state index contributed by atoms with van der Waals surface area (Å²) in [5, 5.41) is 0. The van der Waals surface area contributed by atoms with Gasteiger partial charge in [0.15, 0.2) is 0 Å². The number of carbonyl (C=O) groups excluding carboxylic acids is 1. The van der Waals surface area contributed by atoms with Crippen LogP contribution in [0.3, 0.4) is 0 Å². The van der Waals surface area contributed by atoms with Gasteiger partial charge in [0.05, 0.1) is 0 Å². The van der Waals surface area contributed by atoms with Crippen LogP contribution in [0.15, 0.2) is 0 Å². The van der Waals surface area contributed by atoms with E-state index in [0.29, 0.717) is 11.8 Å². The Morgan fingerprint density at radius 2 is 1.39 bits per heavy atom. The van der Waals surface area contributed by atoms with Crippen molar-refractivity contribution in [3.05, 3.63) is 0 Å². The predicted octanol–water partition coefficient (Wildman–Crippen LogP) is 6.94. The summed E-state index contributed by atoms with van der Waals surface area (Å²) in [6.45, 7) is 4.64. The van der Waals surface area contributed by atoms with Crippen LogP contribution in [-0.2, 0) is 4.79 Å². The fourth-order valence-corrected chi connectivity index (χ4v) is 5.69. The Morgan fingerprint density at radius 3 is 1.78 bits per heavy atom. The van der Waals surface area contributed by atoms with Crippen molar-refractivity contribution in [3.8, 4) is 0 Å². The van der Waals surface area contributed by atoms with E-state index < -0.39 is 0 Å². The minimum atomic E-state index is 0.0298. The summed E-state index contributed by atoms with van der Waals surface area (Å²) in [6.07, 6.45) is 21.4. The summed E-state index contributed by atoms with van der Waals surface area (Å²) in [5.74, 6) is 2.22. The number of hydrogen-bond acceptors (Lipinski definition) is 1. The molecule has 0 saturated heterocycles. The van der Waals surface area contributed by atoms with Crippen LogP contribution >= 0.6 is 0 Å². The Labute approximate surface area is 145 Å². The van der Waals surface area contributed by atoms with Gasteiger partial charge in [0.2, 0.25) is 0 Å². The Morgan fingerprint density at radius 1 is 0.870 bits per heavy atom. The van der Waals surface area contributed by atoms with E-state index in [1.165, 1.54) is 103 Å². The maximum Gasteiger partial charge on any atom is 0.126 e. The molecule has 23 heavy (non-hydrogen) atoms. The molecule has 2 fully saturated rings. The van der Waals surface area contributed by atoms with Gasteiger partial charge in [-0.3, -0.25) is 0 Å². The molecule has 0 aromatic rings. The second-order valence-corrected chi connectivity index (χ2v) is 8.50. The molecule has 1 nitrogen and oxygen atoms in total. The molecule has 0 aromatic carbocycles. The highest BCUT2D eigenvalue weighted by molar-refractivity contribution is 5.61. The molecule has 2 saturated carbocycles. The quantitative estimate of drug-likeness (QED) is 0.420. The van der Waals surface area contributed by atoms with Crippen LogP contribution in [0, 0.1) is 23.2 Å². The molecule has 0 radical (unpaired) electrons. The SMILES string of the molecule is CCCC(CC)CCC(C=O)(C1CCCCC1)C1CCCCC1. The van der Waals surface area contributed by atoms with Crippen molar-refractivity contribution >= 4 is 6.29 Å². The highest BCUT2D eigenvalue weighted by atomic mass is 16.1. The molecule has 0 heterocycles. The van der Waals surface area contributed by atoms with Crippen LogP contribution in [0.25, 0.3) is 0 Å². The highest BCUT2D eigenvalue weighted by Crippen LogP contribution is 2.51. The van der Waals surface area contributed by atoms with Gasteiger partial charge in [-0.2, -0.15) is 0 Å². The van der Waals surface area contributed by atoms with E-state index in [4.69, 9.17) is 0 Å². The van der Waals surface area contributed by atoms with Crippen LogP contribution in [0.2, 0.25) is 0 Å². The van der Waals surface area contributed by atoms with Gasteiger partial charge in [-0.25, -0.2) is 0 Å². The monoisotopic (exact) mass is 320 g/mol. The molecule has 0 amide bonds. The lowest BCUT2D eigenvalue weighted by atomic mass is 9.57. The van der Waals surface area contributed by atoms with E-state index >= 15 is 0 Å². The zero-order valence-corrected chi connectivity index (χ0v) is 15.8. The van der Waals surface area contributed by atoms with Crippen molar-refractivity contribution < 1.29 is 4.79 Å². The van der Waals surface area contributed by atoms with Gasteiger partial charge in [0.25, 0.3) is 0 Å². The van der Waals surface area contributed by atoms with E-state index in [-0.39, 0.29) is 5.41 Å². The molecule has 0 N–H and O–H groups in total. The van der Waals surface area contributed by atoms with Gasteiger partial charge >= 0.3 is 0 Å². The van der Waals surface area contributed by atoms with Crippen molar-refractivity contribution in [3.63, 3.8) is 0 Å². The van der Waals surface area contributed by atoms with Gasteiger partial charge in [-0.05, 0) is 56.3 Å². The van der Waals surface area contributed by atoms with Gasteiger partial charge < -0.3 is 4.79 Å². The summed E-state index contributed by atoms with van der Waals surface area (Å²) in [7, 11) is 0. The fraction of sp³-hybridized carbons (Fsp3) is 0.955. The van der Waals surface area contributed by atoms with Crippen molar-refractivity contribution in [2.24, 2.45) is 23.2 Å². The van der Waals surface area contributed by atoms with E-state index in [1.807, 2.05) is 0 Å². The Balaban J connectivity index is 2.12. The first-order valence-corrected chi connectivity index (χ1v) is 10.7. The summed E-state index contributed by atoms with van der Waals surface area (Å²) in [5.41, 5.74) is 0.0298. The van der Waals surface area contributed by atoms with Gasteiger partial charge in [0, 0.05) is 5.41 Å². The number of hydrogen-bond donors (Lipinski definition) is 0. The van der Waals surface area contributed by atoms with Gasteiger partial charge in [0.1, 0.15) is 6.29 Å². The Bertz CT molecular complexity index is 305. The van der Waals surface area contributed by atoms with Crippen molar-refractivity contribution in [1.82, 2.24) is 0 Å². The zero-order valence-electron chi connectivity index (χ0n) is 15.8. The molecule has 1 heteroatoms. The Hall–Kier alpha value is -0.330. The third-order valence-corrected chi connectivity index (χ3v) is 7.21. The van der Waals surface area contributed by atoms with E-state index in [1.54, 1.807) is 0 Å². The Kier molecular flexibility index (Phi) is 8.13. The highest BCUT2D eigenvalue weighted by Gasteiger charge is 2.45. The summed E-state index contributed by atoms with van der Waals surface area (Å²) < 4.78 is 0. The average Bonchev–Trinajstić information content (AvgIpc) is 2.63. The minimum Gasteiger partial charge on any atom is -0.303 e. The first kappa shape index (κ1) is 19.0. The van der Waals surface area contributed by atoms with E-state index in [2.05, 4.69) is 13.8 Å². The first-order valence-electron chi connectivity index (χ1n) is 10.7. The molecule has 2 aliphatic carbocycles. The normalized spacial score (nSPS) is 22.9. The van der Waals surface area contributed by atoms with Crippen LogP contribution in [0.5, 0.6) is 0 Å². The summed E-state index contributed by atoms with van der Waals surface area (Å²) >= 11 is 0. The lowest BCUT2D eigenvalue weighted by molar-refractivity contribution is -0.126. The lowest BCUT2D eigenvalue weighted by Gasteiger charge is -2.46. The molecule has 0 spiro atoms. The van der Waals surface area contributed by atoms with Crippen LogP contribution in [0.1, 0.15) is 110 Å². The molecule has 0 aliphatic heterocycles. The standard InChI is InChI=1S/C22H40O/c1-3-11-19(4-2)16-17-22(18-23,20-12-7-5-8-13-20)21-14-9-6-10-15-21/h18-21H,3-17H2,1-2H3. The third-order valence-electron chi connectivity index (χ3n) is 7.21. The first-order chi connectivity index (χ1) is 11.3. The average molecular weight is 321 g/mol. The van der Waals surface area contributed by atoms with Gasteiger partial charge in [-0.15, -0.1) is 0 Å². The topological polar surface area (TPSA) is 17.1 Å². The predicted molar refractivity (Wildman–Crippen MR) is 99.6 cm³/mol. The van der Waals surface area contributed by atoms with Crippen molar-refractivity contribution in [2.45, 2.75) is 110 Å². The smallest absolute Gasteiger partial charge is 0.126 e. The second-order valence-electron chi connectivity index (χ2n) is 8.50. The van der Waals surface area contributed by atoms with Crippen LogP contribution in [0.4, 0.5) is 0 Å². The van der Waals surface area contributed by atoms with E-state index in [9.17, 15) is 4.79 Å². The molecule has 134 valence electrons. The lowest BCUT2D eigenvalue weighted by Crippen LogP contribution is -2.42. The maximum atomic E-state index is 12.5. The van der Waals surface area contributed by atoms with Gasteiger partial charge in [-0.1, -0.05) is 71.6 Å². The molecular formula is C22H40O. The zero-order chi connectivity index (χ0) is 16.5. The minimum absolute atomic E-state index is 0.0298. The van der Waals surface area contributed by atoms with Crippen LogP contribution in [-0.4, -0.2) is 6.29 Å². The van der Waals surface area contributed by atoms with Crippen molar-refractivity contribution in [2.75, 3.05) is 0 Å². The molecule has 1 unspecified atom stereocenters. The molecule has 2 aliphatic rings. The third kappa shape index (κ3) is 4.83. The number of aldehydes is 1. The summed E-state index contributed by atoms with van der Waals surface area (Å²) in [4.78, 5) is 12.5. The molecule has 2 rings (SSSR count). The molecule has 0 bridgehead atoms. The fourth-order valence-electron chi connectivity index (χ4n) is 5.69. The number of rotatable bonds is 9. The molecule has 0 aromatic heterocycles. The summed E-state index contributed by atoms with van der Waals surface area (Å²) in [6, 6.07) is 0.